The molecule has 1 unspecified atom stereocenters. The zero-order chi connectivity index (χ0) is 12.7. The van der Waals surface area contributed by atoms with E-state index in [1.807, 2.05) is 0 Å². The molecule has 1 atom stereocenters. The molecule has 0 saturated carbocycles. The number of hydrogen-bond donors (Lipinski definition) is 1. The van der Waals surface area contributed by atoms with Gasteiger partial charge in [-0.3, -0.25) is 0 Å². The molecule has 0 aliphatic heterocycles. The molecule has 0 fully saturated rings. The zero-order valence-electron chi connectivity index (χ0n) is 9.88. The lowest BCUT2D eigenvalue weighted by molar-refractivity contribution is 0.243. The minimum absolute atomic E-state index is 0.227. The molecular formula is C13H17F2NO. The fraction of sp³-hybridized carbons (Fsp3) is 0.385. The Labute approximate surface area is 100 Å². The maximum atomic E-state index is 13.4. The molecule has 94 valence electrons. The molecule has 1 aromatic rings. The Morgan fingerprint density at radius 2 is 2.24 bits per heavy atom. The predicted molar refractivity (Wildman–Crippen MR) is 63.5 cm³/mol. The van der Waals surface area contributed by atoms with Gasteiger partial charge in [-0.25, -0.2) is 8.78 Å². The second kappa shape index (κ2) is 7.01. The van der Waals surface area contributed by atoms with Crippen LogP contribution in [0, 0.1) is 11.6 Å². The van der Waals surface area contributed by atoms with E-state index in [1.54, 1.807) is 6.92 Å². The minimum Gasteiger partial charge on any atom is -0.502 e. The van der Waals surface area contributed by atoms with Crippen LogP contribution in [0.15, 0.2) is 31.0 Å². The normalized spacial score (nSPS) is 12.2. The molecule has 0 amide bonds. The second-order valence-electron chi connectivity index (χ2n) is 3.73. The van der Waals surface area contributed by atoms with Crippen LogP contribution in [0.5, 0.6) is 0 Å². The van der Waals surface area contributed by atoms with Crippen molar-refractivity contribution < 1.29 is 13.5 Å². The molecule has 0 aliphatic carbocycles. The van der Waals surface area contributed by atoms with E-state index in [4.69, 9.17) is 4.74 Å². The van der Waals surface area contributed by atoms with E-state index in [1.165, 1.54) is 12.3 Å². The van der Waals surface area contributed by atoms with E-state index in [2.05, 4.69) is 11.9 Å². The zero-order valence-corrected chi connectivity index (χ0v) is 9.88. The summed E-state index contributed by atoms with van der Waals surface area (Å²) in [5.41, 5.74) is 0.342. The molecule has 0 spiro atoms. The van der Waals surface area contributed by atoms with E-state index in [0.29, 0.717) is 18.7 Å². The van der Waals surface area contributed by atoms with Crippen molar-refractivity contribution in [3.8, 4) is 0 Å². The van der Waals surface area contributed by atoms with Gasteiger partial charge in [0.1, 0.15) is 11.6 Å². The Kier molecular flexibility index (Phi) is 5.63. The highest BCUT2D eigenvalue weighted by atomic mass is 19.1. The van der Waals surface area contributed by atoms with Crippen molar-refractivity contribution in [2.75, 3.05) is 13.2 Å². The molecule has 0 bridgehead atoms. The lowest BCUT2D eigenvalue weighted by Crippen LogP contribution is -2.21. The van der Waals surface area contributed by atoms with E-state index >= 15 is 0 Å². The molecule has 1 rings (SSSR count). The molecule has 1 aromatic carbocycles. The third-order valence-electron chi connectivity index (χ3n) is 2.43. The first-order chi connectivity index (χ1) is 8.15. The fourth-order valence-electron chi connectivity index (χ4n) is 1.51. The Hall–Kier alpha value is -1.42. The molecule has 4 heteroatoms. The van der Waals surface area contributed by atoms with Crippen LogP contribution in [-0.2, 0) is 4.74 Å². The largest absolute Gasteiger partial charge is 0.502 e. The van der Waals surface area contributed by atoms with Crippen LogP contribution in [0.2, 0.25) is 0 Å². The van der Waals surface area contributed by atoms with Gasteiger partial charge in [-0.2, -0.15) is 0 Å². The van der Waals surface area contributed by atoms with Gasteiger partial charge in [-0.05, 0) is 38.1 Å². The summed E-state index contributed by atoms with van der Waals surface area (Å²) < 4.78 is 31.3. The second-order valence-corrected chi connectivity index (χ2v) is 3.73. The molecule has 17 heavy (non-hydrogen) atoms. The van der Waals surface area contributed by atoms with Gasteiger partial charge in [-0.15, -0.1) is 0 Å². The predicted octanol–water partition coefficient (Wildman–Crippen LogP) is 3.17. The lowest BCUT2D eigenvalue weighted by atomic mass is 10.1. The van der Waals surface area contributed by atoms with Crippen LogP contribution < -0.4 is 5.32 Å². The van der Waals surface area contributed by atoms with E-state index in [-0.39, 0.29) is 6.04 Å². The van der Waals surface area contributed by atoms with Crippen molar-refractivity contribution in [2.45, 2.75) is 19.4 Å². The molecule has 1 N–H and O–H groups in total. The minimum atomic E-state index is -0.426. The van der Waals surface area contributed by atoms with Crippen molar-refractivity contribution in [3.05, 3.63) is 48.2 Å². The first-order valence-electron chi connectivity index (χ1n) is 5.56. The molecule has 2 nitrogen and oxygen atoms in total. The molecule has 0 aliphatic rings. The maximum absolute atomic E-state index is 13.4. The highest BCUT2D eigenvalue weighted by Gasteiger charge is 2.10. The Balaban J connectivity index is 2.43. The standard InChI is InChI=1S/C13H17F2NO/c1-3-17-8-4-7-16-10(2)12-9-11(14)5-6-13(12)15/h3,5-6,9-10,16H,1,4,7-8H2,2H3. The maximum Gasteiger partial charge on any atom is 0.128 e. The quantitative estimate of drug-likeness (QED) is 0.585. The highest BCUT2D eigenvalue weighted by molar-refractivity contribution is 5.21. The van der Waals surface area contributed by atoms with Gasteiger partial charge in [-0.1, -0.05) is 6.58 Å². The number of ether oxygens (including phenoxy) is 1. The van der Waals surface area contributed by atoms with E-state index in [0.717, 1.165) is 18.6 Å². The lowest BCUT2D eigenvalue weighted by Gasteiger charge is -2.15. The molecule has 0 radical (unpaired) electrons. The summed E-state index contributed by atoms with van der Waals surface area (Å²) >= 11 is 0. The van der Waals surface area contributed by atoms with Crippen LogP contribution in [0.4, 0.5) is 8.78 Å². The molecule has 0 aromatic heterocycles. The van der Waals surface area contributed by atoms with Gasteiger partial charge in [0.25, 0.3) is 0 Å². The number of benzene rings is 1. The smallest absolute Gasteiger partial charge is 0.128 e. The van der Waals surface area contributed by atoms with Gasteiger partial charge in [0.2, 0.25) is 0 Å². The fourth-order valence-corrected chi connectivity index (χ4v) is 1.51. The van der Waals surface area contributed by atoms with Crippen LogP contribution >= 0.6 is 0 Å². The SMILES string of the molecule is C=COCCCNC(C)c1cc(F)ccc1F. The van der Waals surface area contributed by atoms with Crippen LogP contribution in [0.3, 0.4) is 0 Å². The number of halogens is 2. The molecular weight excluding hydrogens is 224 g/mol. The van der Waals surface area contributed by atoms with Crippen molar-refractivity contribution in [2.24, 2.45) is 0 Å². The third kappa shape index (κ3) is 4.53. The highest BCUT2D eigenvalue weighted by Crippen LogP contribution is 2.17. The van der Waals surface area contributed by atoms with Crippen molar-refractivity contribution >= 4 is 0 Å². The summed E-state index contributed by atoms with van der Waals surface area (Å²) in [5, 5.41) is 3.10. The molecule has 0 saturated heterocycles. The summed E-state index contributed by atoms with van der Waals surface area (Å²) in [7, 11) is 0. The average Bonchev–Trinajstić information content (AvgIpc) is 2.32. The van der Waals surface area contributed by atoms with Crippen molar-refractivity contribution in [3.63, 3.8) is 0 Å². The summed E-state index contributed by atoms with van der Waals surface area (Å²) in [5.74, 6) is -0.821. The number of rotatable bonds is 7. The van der Waals surface area contributed by atoms with Crippen LogP contribution in [0.1, 0.15) is 24.9 Å². The Bertz CT molecular complexity index is 368. The van der Waals surface area contributed by atoms with E-state index < -0.39 is 11.6 Å². The third-order valence-corrected chi connectivity index (χ3v) is 2.43. The van der Waals surface area contributed by atoms with Gasteiger partial charge in [0.05, 0.1) is 12.9 Å². The van der Waals surface area contributed by atoms with Crippen LogP contribution in [-0.4, -0.2) is 13.2 Å². The average molecular weight is 241 g/mol. The van der Waals surface area contributed by atoms with Gasteiger partial charge in [0, 0.05) is 11.6 Å². The topological polar surface area (TPSA) is 21.3 Å². The number of nitrogens with one attached hydrogen (secondary N) is 1. The Morgan fingerprint density at radius 3 is 2.94 bits per heavy atom. The van der Waals surface area contributed by atoms with Crippen LogP contribution in [0.25, 0.3) is 0 Å². The summed E-state index contributed by atoms with van der Waals surface area (Å²) in [6, 6.07) is 3.25. The van der Waals surface area contributed by atoms with Crippen molar-refractivity contribution in [1.82, 2.24) is 5.32 Å². The monoisotopic (exact) mass is 241 g/mol. The van der Waals surface area contributed by atoms with Gasteiger partial charge < -0.3 is 10.1 Å². The summed E-state index contributed by atoms with van der Waals surface area (Å²) in [6.07, 6.45) is 2.17. The first-order valence-corrected chi connectivity index (χ1v) is 5.56. The number of hydrogen-bond acceptors (Lipinski definition) is 2. The van der Waals surface area contributed by atoms with Crippen molar-refractivity contribution in [1.29, 1.82) is 0 Å². The van der Waals surface area contributed by atoms with E-state index in [9.17, 15) is 8.78 Å². The Morgan fingerprint density at radius 1 is 1.47 bits per heavy atom. The van der Waals surface area contributed by atoms with Gasteiger partial charge >= 0.3 is 0 Å². The summed E-state index contributed by atoms with van der Waals surface area (Å²) in [6.45, 7) is 6.46. The molecule has 0 heterocycles. The van der Waals surface area contributed by atoms with Gasteiger partial charge in [0.15, 0.2) is 0 Å². The summed E-state index contributed by atoms with van der Waals surface area (Å²) in [4.78, 5) is 0. The first kappa shape index (κ1) is 13.6.